The van der Waals surface area contributed by atoms with E-state index in [2.05, 4.69) is 10.4 Å². The molecule has 0 spiro atoms. The highest BCUT2D eigenvalue weighted by Gasteiger charge is 2.11. The van der Waals surface area contributed by atoms with Gasteiger partial charge in [0.15, 0.2) is 0 Å². The smallest absolute Gasteiger partial charge is 0.0914 e. The molecule has 0 aliphatic rings. The minimum atomic E-state index is -0.537. The lowest BCUT2D eigenvalue weighted by Crippen LogP contribution is -2.21. The van der Waals surface area contributed by atoms with Gasteiger partial charge in [-0.25, -0.2) is 0 Å². The molecule has 4 nitrogen and oxygen atoms in total. The van der Waals surface area contributed by atoms with Crippen molar-refractivity contribution in [2.45, 2.75) is 26.5 Å². The summed E-state index contributed by atoms with van der Waals surface area (Å²) in [6.07, 6.45) is -0.537. The van der Waals surface area contributed by atoms with Gasteiger partial charge in [-0.2, -0.15) is 5.10 Å². The van der Waals surface area contributed by atoms with E-state index in [0.29, 0.717) is 18.1 Å². The van der Waals surface area contributed by atoms with Crippen molar-refractivity contribution in [1.82, 2.24) is 15.1 Å². The molecule has 0 saturated heterocycles. The first-order chi connectivity index (χ1) is 9.49. The number of aryl methyl sites for hydroxylation is 2. The quantitative estimate of drug-likeness (QED) is 0.890. The van der Waals surface area contributed by atoms with E-state index in [-0.39, 0.29) is 0 Å². The Bertz CT molecular complexity index is 578. The van der Waals surface area contributed by atoms with Gasteiger partial charge in [-0.15, -0.1) is 0 Å². The number of halogens is 1. The molecule has 1 heterocycles. The van der Waals surface area contributed by atoms with Gasteiger partial charge in [-0.3, -0.25) is 4.68 Å². The summed E-state index contributed by atoms with van der Waals surface area (Å²) in [6, 6.07) is 7.26. The highest BCUT2D eigenvalue weighted by Crippen LogP contribution is 2.16. The molecular weight excluding hydrogens is 274 g/mol. The number of aliphatic hydroxyl groups is 1. The molecule has 0 fully saturated rings. The molecule has 0 aliphatic carbocycles. The lowest BCUT2D eigenvalue weighted by Gasteiger charge is -2.12. The Morgan fingerprint density at radius 1 is 1.30 bits per heavy atom. The first-order valence-corrected chi connectivity index (χ1v) is 7.00. The molecular formula is C15H20ClN3O. The van der Waals surface area contributed by atoms with Crippen molar-refractivity contribution in [2.24, 2.45) is 7.05 Å². The molecule has 1 aromatic heterocycles. The van der Waals surface area contributed by atoms with Crippen molar-refractivity contribution in [3.05, 3.63) is 51.8 Å². The number of benzene rings is 1. The van der Waals surface area contributed by atoms with Crippen LogP contribution in [0.3, 0.4) is 0 Å². The third-order valence-electron chi connectivity index (χ3n) is 3.55. The predicted molar refractivity (Wildman–Crippen MR) is 80.8 cm³/mol. The second kappa shape index (κ2) is 6.39. The Morgan fingerprint density at radius 2 is 1.95 bits per heavy atom. The van der Waals surface area contributed by atoms with Crippen LogP contribution in [0, 0.1) is 13.8 Å². The molecule has 0 amide bonds. The molecule has 1 atom stereocenters. The van der Waals surface area contributed by atoms with Gasteiger partial charge in [0.05, 0.1) is 11.8 Å². The van der Waals surface area contributed by atoms with Crippen molar-refractivity contribution in [3.63, 3.8) is 0 Å². The van der Waals surface area contributed by atoms with Crippen LogP contribution >= 0.6 is 11.6 Å². The number of nitrogens with zero attached hydrogens (tertiary/aromatic N) is 2. The summed E-state index contributed by atoms with van der Waals surface area (Å²) in [5.74, 6) is 0. The lowest BCUT2D eigenvalue weighted by atomic mass is 10.1. The van der Waals surface area contributed by atoms with E-state index < -0.39 is 6.10 Å². The van der Waals surface area contributed by atoms with Gasteiger partial charge in [0.25, 0.3) is 0 Å². The zero-order chi connectivity index (χ0) is 14.7. The molecule has 5 heteroatoms. The normalized spacial score (nSPS) is 12.7. The minimum Gasteiger partial charge on any atom is -0.387 e. The zero-order valence-electron chi connectivity index (χ0n) is 12.0. The van der Waals surface area contributed by atoms with Crippen LogP contribution < -0.4 is 5.32 Å². The molecule has 20 heavy (non-hydrogen) atoms. The van der Waals surface area contributed by atoms with Crippen molar-refractivity contribution in [3.8, 4) is 0 Å². The maximum absolute atomic E-state index is 10.1. The van der Waals surface area contributed by atoms with Crippen LogP contribution in [-0.2, 0) is 13.6 Å². The Balaban J connectivity index is 1.91. The van der Waals surface area contributed by atoms with Gasteiger partial charge in [-0.1, -0.05) is 23.7 Å². The van der Waals surface area contributed by atoms with E-state index >= 15 is 0 Å². The summed E-state index contributed by atoms with van der Waals surface area (Å²) < 4.78 is 1.88. The average Bonchev–Trinajstić information content (AvgIpc) is 2.65. The van der Waals surface area contributed by atoms with Crippen molar-refractivity contribution < 1.29 is 5.11 Å². The van der Waals surface area contributed by atoms with Gasteiger partial charge in [0, 0.05) is 36.4 Å². The first kappa shape index (κ1) is 15.0. The standard InChI is InChI=1S/C15H20ClN3O/c1-10-14(11(2)19(3)18-10)8-17-9-15(20)12-4-6-13(16)7-5-12/h4-7,15,17,20H,8-9H2,1-3H3. The second-order valence-electron chi connectivity index (χ2n) is 4.97. The Morgan fingerprint density at radius 3 is 2.50 bits per heavy atom. The number of rotatable bonds is 5. The minimum absolute atomic E-state index is 0.495. The molecule has 2 rings (SSSR count). The number of aromatic nitrogens is 2. The number of aliphatic hydroxyl groups excluding tert-OH is 1. The average molecular weight is 294 g/mol. The topological polar surface area (TPSA) is 50.1 Å². The second-order valence-corrected chi connectivity index (χ2v) is 5.41. The van der Waals surface area contributed by atoms with E-state index in [1.807, 2.05) is 37.7 Å². The number of hydrogen-bond donors (Lipinski definition) is 2. The van der Waals surface area contributed by atoms with Crippen molar-refractivity contribution in [2.75, 3.05) is 6.54 Å². The third-order valence-corrected chi connectivity index (χ3v) is 3.81. The van der Waals surface area contributed by atoms with Gasteiger partial charge < -0.3 is 10.4 Å². The summed E-state index contributed by atoms with van der Waals surface area (Å²) in [7, 11) is 1.94. The largest absolute Gasteiger partial charge is 0.387 e. The molecule has 0 radical (unpaired) electrons. The van der Waals surface area contributed by atoms with E-state index in [1.54, 1.807) is 12.1 Å². The van der Waals surface area contributed by atoms with Crippen LogP contribution in [0.25, 0.3) is 0 Å². The summed E-state index contributed by atoms with van der Waals surface area (Å²) in [6.45, 7) is 5.25. The van der Waals surface area contributed by atoms with Gasteiger partial charge in [0.2, 0.25) is 0 Å². The third kappa shape index (κ3) is 3.39. The fraction of sp³-hybridized carbons (Fsp3) is 0.400. The van der Waals surface area contributed by atoms with E-state index in [4.69, 9.17) is 11.6 Å². The molecule has 2 aromatic rings. The maximum atomic E-state index is 10.1. The molecule has 0 aliphatic heterocycles. The van der Waals surface area contributed by atoms with Crippen molar-refractivity contribution in [1.29, 1.82) is 0 Å². The summed E-state index contributed by atoms with van der Waals surface area (Å²) in [5, 5.41) is 18.4. The highest BCUT2D eigenvalue weighted by atomic mass is 35.5. The fourth-order valence-electron chi connectivity index (χ4n) is 2.21. The molecule has 1 aromatic carbocycles. The van der Waals surface area contributed by atoms with E-state index in [1.165, 1.54) is 5.56 Å². The van der Waals surface area contributed by atoms with Crippen LogP contribution in [-0.4, -0.2) is 21.4 Å². The van der Waals surface area contributed by atoms with E-state index in [9.17, 15) is 5.11 Å². The predicted octanol–water partition coefficient (Wildman–Crippen LogP) is 2.51. The number of nitrogens with one attached hydrogen (secondary N) is 1. The van der Waals surface area contributed by atoms with Crippen LogP contribution in [0.2, 0.25) is 5.02 Å². The van der Waals surface area contributed by atoms with Gasteiger partial charge in [-0.05, 0) is 31.5 Å². The monoisotopic (exact) mass is 293 g/mol. The molecule has 2 N–H and O–H groups in total. The Kier molecular flexibility index (Phi) is 4.81. The lowest BCUT2D eigenvalue weighted by molar-refractivity contribution is 0.174. The SMILES string of the molecule is Cc1nn(C)c(C)c1CNCC(O)c1ccc(Cl)cc1. The van der Waals surface area contributed by atoms with Gasteiger partial charge >= 0.3 is 0 Å². The molecule has 0 bridgehead atoms. The van der Waals surface area contributed by atoms with Crippen LogP contribution in [0.5, 0.6) is 0 Å². The first-order valence-electron chi connectivity index (χ1n) is 6.62. The van der Waals surface area contributed by atoms with Crippen LogP contribution in [0.1, 0.15) is 28.6 Å². The number of hydrogen-bond acceptors (Lipinski definition) is 3. The molecule has 0 saturated carbocycles. The Labute approximate surface area is 124 Å². The van der Waals surface area contributed by atoms with Crippen LogP contribution in [0.15, 0.2) is 24.3 Å². The van der Waals surface area contributed by atoms with E-state index in [0.717, 1.165) is 17.0 Å². The molecule has 1 unspecified atom stereocenters. The summed E-state index contributed by atoms with van der Waals surface area (Å²) in [5.41, 5.74) is 4.23. The fourth-order valence-corrected chi connectivity index (χ4v) is 2.34. The molecule has 108 valence electrons. The van der Waals surface area contributed by atoms with Crippen molar-refractivity contribution >= 4 is 11.6 Å². The highest BCUT2D eigenvalue weighted by molar-refractivity contribution is 6.30. The van der Waals surface area contributed by atoms with Crippen LogP contribution in [0.4, 0.5) is 0 Å². The summed E-state index contributed by atoms with van der Waals surface area (Å²) >= 11 is 5.83. The van der Waals surface area contributed by atoms with Gasteiger partial charge in [0.1, 0.15) is 0 Å². The summed E-state index contributed by atoms with van der Waals surface area (Å²) in [4.78, 5) is 0. The Hall–Kier alpha value is -1.36. The maximum Gasteiger partial charge on any atom is 0.0914 e. The zero-order valence-corrected chi connectivity index (χ0v) is 12.8.